The van der Waals surface area contributed by atoms with Crippen LogP contribution in [-0.2, 0) is 4.74 Å². The van der Waals surface area contributed by atoms with Crippen LogP contribution in [0.3, 0.4) is 0 Å². The van der Waals surface area contributed by atoms with E-state index in [9.17, 15) is 4.79 Å². The van der Waals surface area contributed by atoms with Gasteiger partial charge in [0.2, 0.25) is 5.82 Å². The molecular weight excluding hydrogens is 294 g/mol. The standard InChI is InChI=1S/C16H21N5O2/c1-11(21(5)15(22)23-16(2,3)4)13-17-19-14(20-18-13)12-9-7-6-8-10-12/h6-11H,1-5H3. The third-order valence-corrected chi connectivity index (χ3v) is 3.16. The summed E-state index contributed by atoms with van der Waals surface area (Å²) < 4.78 is 5.33. The summed E-state index contributed by atoms with van der Waals surface area (Å²) in [5.41, 5.74) is 0.284. The van der Waals surface area contributed by atoms with Gasteiger partial charge in [0.25, 0.3) is 0 Å². The van der Waals surface area contributed by atoms with Gasteiger partial charge in [0.15, 0.2) is 5.82 Å². The highest BCUT2D eigenvalue weighted by Gasteiger charge is 2.25. The summed E-state index contributed by atoms with van der Waals surface area (Å²) in [6.07, 6.45) is -0.444. The molecule has 1 aromatic heterocycles. The van der Waals surface area contributed by atoms with Crippen LogP contribution in [0.15, 0.2) is 30.3 Å². The average Bonchev–Trinajstić information content (AvgIpc) is 2.53. The molecule has 1 amide bonds. The van der Waals surface area contributed by atoms with E-state index in [0.29, 0.717) is 11.6 Å². The van der Waals surface area contributed by atoms with Gasteiger partial charge in [-0.1, -0.05) is 30.3 Å². The fourth-order valence-corrected chi connectivity index (χ4v) is 1.77. The lowest BCUT2D eigenvalue weighted by molar-refractivity contribution is 0.0225. The Morgan fingerprint density at radius 2 is 1.65 bits per heavy atom. The molecule has 0 radical (unpaired) electrons. The van der Waals surface area contributed by atoms with E-state index in [1.54, 1.807) is 14.0 Å². The van der Waals surface area contributed by atoms with Crippen LogP contribution in [0.4, 0.5) is 4.79 Å². The smallest absolute Gasteiger partial charge is 0.410 e. The number of hydrogen-bond donors (Lipinski definition) is 0. The van der Waals surface area contributed by atoms with E-state index in [0.717, 1.165) is 5.56 Å². The molecule has 2 aromatic rings. The van der Waals surface area contributed by atoms with Gasteiger partial charge in [0.05, 0.1) is 6.04 Å². The van der Waals surface area contributed by atoms with Crippen LogP contribution >= 0.6 is 0 Å². The van der Waals surface area contributed by atoms with Gasteiger partial charge >= 0.3 is 6.09 Å². The molecule has 7 heteroatoms. The van der Waals surface area contributed by atoms with Crippen molar-refractivity contribution in [3.63, 3.8) is 0 Å². The Bertz CT molecular complexity index is 652. The van der Waals surface area contributed by atoms with Crippen LogP contribution in [0.5, 0.6) is 0 Å². The number of carbonyl (C=O) groups excluding carboxylic acids is 1. The number of hydrogen-bond acceptors (Lipinski definition) is 6. The fourth-order valence-electron chi connectivity index (χ4n) is 1.77. The van der Waals surface area contributed by atoms with Crippen molar-refractivity contribution in [3.05, 3.63) is 36.2 Å². The summed E-state index contributed by atoms with van der Waals surface area (Å²) in [6, 6.07) is 9.08. The molecule has 2 rings (SSSR count). The number of rotatable bonds is 3. The maximum Gasteiger partial charge on any atom is 0.410 e. The Hall–Kier alpha value is -2.57. The predicted octanol–water partition coefficient (Wildman–Crippen LogP) is 2.86. The Kier molecular flexibility index (Phi) is 4.88. The quantitative estimate of drug-likeness (QED) is 0.866. The minimum absolute atomic E-state index is 0.359. The molecule has 0 saturated heterocycles. The van der Waals surface area contributed by atoms with Crippen LogP contribution in [0, 0.1) is 0 Å². The van der Waals surface area contributed by atoms with E-state index in [2.05, 4.69) is 20.4 Å². The van der Waals surface area contributed by atoms with E-state index >= 15 is 0 Å². The normalized spacial score (nSPS) is 12.6. The van der Waals surface area contributed by atoms with Crippen LogP contribution in [0.1, 0.15) is 39.6 Å². The number of nitrogens with zero attached hydrogens (tertiary/aromatic N) is 5. The van der Waals surface area contributed by atoms with Gasteiger partial charge in [0, 0.05) is 12.6 Å². The van der Waals surface area contributed by atoms with Crippen molar-refractivity contribution in [1.82, 2.24) is 25.3 Å². The van der Waals surface area contributed by atoms with Gasteiger partial charge in [-0.15, -0.1) is 20.4 Å². The highest BCUT2D eigenvalue weighted by atomic mass is 16.6. The summed E-state index contributed by atoms with van der Waals surface area (Å²) in [6.45, 7) is 7.25. The average molecular weight is 315 g/mol. The second kappa shape index (κ2) is 6.68. The van der Waals surface area contributed by atoms with Gasteiger partial charge in [-0.3, -0.25) is 0 Å². The van der Waals surface area contributed by atoms with Crippen molar-refractivity contribution >= 4 is 6.09 Å². The van der Waals surface area contributed by atoms with Crippen molar-refractivity contribution in [1.29, 1.82) is 0 Å². The highest BCUT2D eigenvalue weighted by Crippen LogP contribution is 2.18. The monoisotopic (exact) mass is 315 g/mol. The Balaban J connectivity index is 2.11. The van der Waals surface area contributed by atoms with Crippen molar-refractivity contribution in [2.45, 2.75) is 39.3 Å². The molecule has 0 N–H and O–H groups in total. The molecule has 1 heterocycles. The summed E-state index contributed by atoms with van der Waals surface area (Å²) in [5.74, 6) is 0.805. The zero-order valence-electron chi connectivity index (χ0n) is 14.0. The van der Waals surface area contributed by atoms with Gasteiger partial charge in [-0.2, -0.15) is 0 Å². The summed E-state index contributed by atoms with van der Waals surface area (Å²) in [7, 11) is 1.63. The summed E-state index contributed by atoms with van der Waals surface area (Å²) in [4.78, 5) is 13.5. The molecule has 23 heavy (non-hydrogen) atoms. The molecule has 1 atom stereocenters. The lowest BCUT2D eigenvalue weighted by Gasteiger charge is -2.27. The maximum atomic E-state index is 12.1. The minimum atomic E-state index is -0.556. The topological polar surface area (TPSA) is 81.1 Å². The molecule has 0 aliphatic rings. The zero-order valence-corrected chi connectivity index (χ0v) is 14.0. The van der Waals surface area contributed by atoms with Crippen molar-refractivity contribution in [3.8, 4) is 11.4 Å². The van der Waals surface area contributed by atoms with E-state index in [1.807, 2.05) is 51.1 Å². The van der Waals surface area contributed by atoms with E-state index in [-0.39, 0.29) is 0 Å². The fraction of sp³-hybridized carbons (Fsp3) is 0.438. The Labute approximate surface area is 135 Å². The lowest BCUT2D eigenvalue weighted by Crippen LogP contribution is -2.36. The first-order valence-electron chi connectivity index (χ1n) is 7.36. The van der Waals surface area contributed by atoms with E-state index in [1.165, 1.54) is 4.90 Å². The number of amides is 1. The molecule has 0 aliphatic carbocycles. The van der Waals surface area contributed by atoms with Gasteiger partial charge in [-0.05, 0) is 27.7 Å². The first-order chi connectivity index (χ1) is 10.8. The van der Waals surface area contributed by atoms with Crippen LogP contribution in [0.2, 0.25) is 0 Å². The third kappa shape index (κ3) is 4.45. The summed E-state index contributed by atoms with van der Waals surface area (Å²) >= 11 is 0. The molecule has 0 fully saturated rings. The largest absolute Gasteiger partial charge is 0.444 e. The van der Waals surface area contributed by atoms with Crippen molar-refractivity contribution in [2.24, 2.45) is 0 Å². The lowest BCUT2D eigenvalue weighted by atomic mass is 10.2. The Morgan fingerprint density at radius 3 is 2.17 bits per heavy atom. The zero-order chi connectivity index (χ0) is 17.0. The van der Waals surface area contributed by atoms with Gasteiger partial charge in [0.1, 0.15) is 5.60 Å². The second-order valence-electron chi connectivity index (χ2n) is 6.22. The van der Waals surface area contributed by atoms with Gasteiger partial charge < -0.3 is 9.64 Å². The molecule has 0 aliphatic heterocycles. The minimum Gasteiger partial charge on any atom is -0.444 e. The van der Waals surface area contributed by atoms with Gasteiger partial charge in [-0.25, -0.2) is 4.79 Å². The second-order valence-corrected chi connectivity index (χ2v) is 6.22. The maximum absolute atomic E-state index is 12.1. The Morgan fingerprint density at radius 1 is 1.09 bits per heavy atom. The summed E-state index contributed by atoms with van der Waals surface area (Å²) in [5, 5.41) is 16.3. The number of carbonyl (C=O) groups is 1. The molecule has 1 unspecified atom stereocenters. The molecule has 0 spiro atoms. The first kappa shape index (κ1) is 16.8. The molecule has 0 saturated carbocycles. The molecular formula is C16H21N5O2. The van der Waals surface area contributed by atoms with Crippen molar-refractivity contribution in [2.75, 3.05) is 7.05 Å². The van der Waals surface area contributed by atoms with Crippen LogP contribution < -0.4 is 0 Å². The SMILES string of the molecule is CC(c1nnc(-c2ccccc2)nn1)N(C)C(=O)OC(C)(C)C. The number of benzene rings is 1. The van der Waals surface area contributed by atoms with Crippen LogP contribution in [-0.4, -0.2) is 44.0 Å². The molecule has 7 nitrogen and oxygen atoms in total. The first-order valence-corrected chi connectivity index (χ1v) is 7.36. The molecule has 122 valence electrons. The predicted molar refractivity (Wildman–Crippen MR) is 85.5 cm³/mol. The third-order valence-electron chi connectivity index (χ3n) is 3.16. The molecule has 1 aromatic carbocycles. The van der Waals surface area contributed by atoms with E-state index < -0.39 is 17.7 Å². The highest BCUT2D eigenvalue weighted by molar-refractivity contribution is 5.68. The number of aromatic nitrogens is 4. The molecule has 0 bridgehead atoms. The van der Waals surface area contributed by atoms with Crippen molar-refractivity contribution < 1.29 is 9.53 Å². The number of ether oxygens (including phenoxy) is 1. The van der Waals surface area contributed by atoms with E-state index in [4.69, 9.17) is 4.74 Å². The van der Waals surface area contributed by atoms with Crippen LogP contribution in [0.25, 0.3) is 11.4 Å².